The number of amides is 1. The molecule has 0 aliphatic rings. The molecule has 0 unspecified atom stereocenters. The molecule has 0 saturated carbocycles. The van der Waals surface area contributed by atoms with Crippen LogP contribution >= 0.6 is 0 Å². The van der Waals surface area contributed by atoms with Crippen molar-refractivity contribution < 1.29 is 14.5 Å². The number of ether oxygens (including phenoxy) is 1. The number of nitrogens with zero attached hydrogens (tertiary/aromatic N) is 1. The number of anilines is 1. The molecule has 6 heteroatoms. The Morgan fingerprint density at radius 1 is 1.12 bits per heavy atom. The molecule has 0 saturated heterocycles. The third-order valence-corrected chi connectivity index (χ3v) is 3.83. The van der Waals surface area contributed by atoms with Crippen LogP contribution in [0.25, 0.3) is 0 Å². The molecule has 0 aliphatic carbocycles. The Hall–Kier alpha value is -2.89. The summed E-state index contributed by atoms with van der Waals surface area (Å²) >= 11 is 0. The summed E-state index contributed by atoms with van der Waals surface area (Å²) in [6.45, 7) is 7.08. The highest BCUT2D eigenvalue weighted by atomic mass is 16.6. The maximum absolute atomic E-state index is 12.4. The van der Waals surface area contributed by atoms with Crippen molar-refractivity contribution in [2.24, 2.45) is 0 Å². The number of nitrogens with one attached hydrogen (secondary N) is 1. The third kappa shape index (κ3) is 3.71. The Labute approximate surface area is 140 Å². The third-order valence-electron chi connectivity index (χ3n) is 3.83. The number of carbonyl (C=O) groups excluding carboxylic acids is 1. The van der Waals surface area contributed by atoms with Gasteiger partial charge < -0.3 is 10.1 Å². The highest BCUT2D eigenvalue weighted by Crippen LogP contribution is 2.26. The van der Waals surface area contributed by atoms with Gasteiger partial charge in [-0.05, 0) is 44.9 Å². The molecule has 2 aromatic rings. The van der Waals surface area contributed by atoms with Gasteiger partial charge in [-0.15, -0.1) is 0 Å². The summed E-state index contributed by atoms with van der Waals surface area (Å²) < 4.78 is 5.78. The lowest BCUT2D eigenvalue weighted by molar-refractivity contribution is -0.385. The van der Waals surface area contributed by atoms with Gasteiger partial charge in [0.15, 0.2) is 6.10 Å². The second-order valence-electron chi connectivity index (χ2n) is 5.68. The van der Waals surface area contributed by atoms with E-state index in [9.17, 15) is 14.9 Å². The van der Waals surface area contributed by atoms with Crippen LogP contribution < -0.4 is 10.1 Å². The maximum Gasteiger partial charge on any atom is 0.274 e. The molecule has 2 aromatic carbocycles. The van der Waals surface area contributed by atoms with Crippen molar-refractivity contribution in [1.82, 2.24) is 0 Å². The molecule has 6 nitrogen and oxygen atoms in total. The van der Waals surface area contributed by atoms with E-state index in [1.807, 2.05) is 32.0 Å². The average molecular weight is 328 g/mol. The van der Waals surface area contributed by atoms with Gasteiger partial charge >= 0.3 is 0 Å². The second kappa shape index (κ2) is 7.12. The summed E-state index contributed by atoms with van der Waals surface area (Å²) in [5, 5.41) is 13.7. The first-order valence-electron chi connectivity index (χ1n) is 7.59. The van der Waals surface area contributed by atoms with Crippen molar-refractivity contribution in [3.05, 3.63) is 63.2 Å². The van der Waals surface area contributed by atoms with E-state index in [0.29, 0.717) is 17.0 Å². The monoisotopic (exact) mass is 328 g/mol. The number of rotatable bonds is 5. The Kier molecular flexibility index (Phi) is 5.18. The van der Waals surface area contributed by atoms with E-state index in [1.54, 1.807) is 19.9 Å². The lowest BCUT2D eigenvalue weighted by Crippen LogP contribution is -2.30. The summed E-state index contributed by atoms with van der Waals surface area (Å²) in [7, 11) is 0. The zero-order chi connectivity index (χ0) is 17.9. The number of hydrogen-bond donors (Lipinski definition) is 1. The Bertz CT molecular complexity index is 766. The number of para-hydroxylation sites is 1. The molecule has 0 fully saturated rings. The van der Waals surface area contributed by atoms with E-state index in [4.69, 9.17) is 4.74 Å². The summed E-state index contributed by atoms with van der Waals surface area (Å²) in [6.07, 6.45) is -0.733. The maximum atomic E-state index is 12.4. The van der Waals surface area contributed by atoms with E-state index >= 15 is 0 Å². The van der Waals surface area contributed by atoms with Crippen LogP contribution in [0.3, 0.4) is 0 Å². The summed E-state index contributed by atoms with van der Waals surface area (Å²) in [6, 6.07) is 10.3. The molecule has 2 rings (SSSR count). The predicted molar refractivity (Wildman–Crippen MR) is 92.5 cm³/mol. The molecule has 1 atom stereocenters. The summed E-state index contributed by atoms with van der Waals surface area (Å²) in [5.74, 6) is 0.317. The van der Waals surface area contributed by atoms with Gasteiger partial charge in [0.1, 0.15) is 5.75 Å². The number of benzene rings is 2. The van der Waals surface area contributed by atoms with E-state index in [0.717, 1.165) is 11.1 Å². The van der Waals surface area contributed by atoms with Gasteiger partial charge in [0.2, 0.25) is 0 Å². The molecule has 24 heavy (non-hydrogen) atoms. The second-order valence-corrected chi connectivity index (χ2v) is 5.68. The van der Waals surface area contributed by atoms with E-state index < -0.39 is 11.0 Å². The van der Waals surface area contributed by atoms with Crippen molar-refractivity contribution in [3.63, 3.8) is 0 Å². The Morgan fingerprint density at radius 3 is 2.29 bits per heavy atom. The summed E-state index contributed by atoms with van der Waals surface area (Å²) in [4.78, 5) is 22.9. The van der Waals surface area contributed by atoms with Crippen LogP contribution in [0, 0.1) is 30.9 Å². The van der Waals surface area contributed by atoms with Crippen LogP contribution in [0.5, 0.6) is 5.75 Å². The zero-order valence-corrected chi connectivity index (χ0v) is 14.1. The normalized spacial score (nSPS) is 11.7. The Balaban J connectivity index is 2.15. The van der Waals surface area contributed by atoms with E-state index in [-0.39, 0.29) is 11.6 Å². The van der Waals surface area contributed by atoms with Crippen LogP contribution in [-0.2, 0) is 4.79 Å². The number of hydrogen-bond acceptors (Lipinski definition) is 4. The SMILES string of the molecule is Cc1cccc(C)c1O[C@@H](C)C(=O)Nc1cccc([N+](=O)[O-])c1C. The van der Waals surface area contributed by atoms with Gasteiger partial charge in [0.25, 0.3) is 11.6 Å². The van der Waals surface area contributed by atoms with Crippen LogP contribution in [-0.4, -0.2) is 16.9 Å². The van der Waals surface area contributed by atoms with Crippen molar-refractivity contribution in [1.29, 1.82) is 0 Å². The minimum absolute atomic E-state index is 0.0314. The van der Waals surface area contributed by atoms with Crippen LogP contribution in [0.2, 0.25) is 0 Å². The Morgan fingerprint density at radius 2 is 1.71 bits per heavy atom. The lowest BCUT2D eigenvalue weighted by atomic mass is 10.1. The first-order valence-corrected chi connectivity index (χ1v) is 7.59. The first-order chi connectivity index (χ1) is 11.3. The van der Waals surface area contributed by atoms with Gasteiger partial charge in [0, 0.05) is 6.07 Å². The van der Waals surface area contributed by atoms with Crippen LogP contribution in [0.1, 0.15) is 23.6 Å². The fourth-order valence-corrected chi connectivity index (χ4v) is 2.41. The largest absolute Gasteiger partial charge is 0.480 e. The fraction of sp³-hybridized carbons (Fsp3) is 0.278. The molecule has 0 bridgehead atoms. The highest BCUT2D eigenvalue weighted by molar-refractivity contribution is 5.95. The molecule has 0 heterocycles. The molecule has 1 N–H and O–H groups in total. The molecule has 0 spiro atoms. The van der Waals surface area contributed by atoms with E-state index in [2.05, 4.69) is 5.32 Å². The standard InChI is InChI=1S/C18H20N2O4/c1-11-7-5-8-12(2)17(11)24-14(4)18(21)19-15-9-6-10-16(13(15)3)20(22)23/h5-10,14H,1-4H3,(H,19,21)/t14-/m0/s1. The molecule has 0 aliphatic heterocycles. The minimum atomic E-state index is -0.733. The average Bonchev–Trinajstić information content (AvgIpc) is 2.52. The van der Waals surface area contributed by atoms with Gasteiger partial charge in [-0.25, -0.2) is 0 Å². The van der Waals surface area contributed by atoms with Gasteiger partial charge in [0.05, 0.1) is 16.2 Å². The fourth-order valence-electron chi connectivity index (χ4n) is 2.41. The molecule has 0 aromatic heterocycles. The molecular formula is C18H20N2O4. The van der Waals surface area contributed by atoms with Crippen LogP contribution in [0.4, 0.5) is 11.4 Å². The van der Waals surface area contributed by atoms with Crippen LogP contribution in [0.15, 0.2) is 36.4 Å². The number of nitro groups is 1. The number of aryl methyl sites for hydroxylation is 2. The minimum Gasteiger partial charge on any atom is -0.480 e. The lowest BCUT2D eigenvalue weighted by Gasteiger charge is -2.18. The van der Waals surface area contributed by atoms with Crippen molar-refractivity contribution >= 4 is 17.3 Å². The van der Waals surface area contributed by atoms with Crippen molar-refractivity contribution in [2.45, 2.75) is 33.8 Å². The van der Waals surface area contributed by atoms with Crippen molar-refractivity contribution in [2.75, 3.05) is 5.32 Å². The molecular weight excluding hydrogens is 308 g/mol. The number of nitro benzene ring substituents is 1. The quantitative estimate of drug-likeness (QED) is 0.666. The van der Waals surface area contributed by atoms with Gasteiger partial charge in [-0.1, -0.05) is 24.3 Å². The summed E-state index contributed by atoms with van der Waals surface area (Å²) in [5.41, 5.74) is 2.68. The first kappa shape index (κ1) is 17.5. The van der Waals surface area contributed by atoms with Gasteiger partial charge in [-0.2, -0.15) is 0 Å². The molecule has 0 radical (unpaired) electrons. The van der Waals surface area contributed by atoms with Gasteiger partial charge in [-0.3, -0.25) is 14.9 Å². The predicted octanol–water partition coefficient (Wildman–Crippen LogP) is 3.93. The topological polar surface area (TPSA) is 81.5 Å². The van der Waals surface area contributed by atoms with E-state index in [1.165, 1.54) is 12.1 Å². The molecule has 126 valence electrons. The number of carbonyl (C=O) groups is 1. The highest BCUT2D eigenvalue weighted by Gasteiger charge is 2.20. The zero-order valence-electron chi connectivity index (χ0n) is 14.1. The van der Waals surface area contributed by atoms with Crippen molar-refractivity contribution in [3.8, 4) is 5.75 Å². The molecule has 1 amide bonds. The smallest absolute Gasteiger partial charge is 0.274 e.